The Balaban J connectivity index is 1.67. The number of nitrogens with one attached hydrogen (secondary N) is 1. The highest BCUT2D eigenvalue weighted by atomic mass is 16.2. The summed E-state index contributed by atoms with van der Waals surface area (Å²) >= 11 is 0. The Kier molecular flexibility index (Phi) is 5.69. The van der Waals surface area contributed by atoms with Crippen molar-refractivity contribution in [3.63, 3.8) is 0 Å². The monoisotopic (exact) mass is 368 g/mol. The van der Waals surface area contributed by atoms with E-state index < -0.39 is 17.9 Å². The molecule has 0 aliphatic carbocycles. The van der Waals surface area contributed by atoms with Crippen LogP contribution in [0.1, 0.15) is 47.4 Å². The molecule has 0 saturated heterocycles. The van der Waals surface area contributed by atoms with Crippen LogP contribution in [0.25, 0.3) is 0 Å². The smallest absolute Gasteiger partial charge is 0.262 e. The Morgan fingerprint density at radius 1 is 1.15 bits per heavy atom. The van der Waals surface area contributed by atoms with Gasteiger partial charge in [-0.25, -0.2) is 4.98 Å². The molecule has 3 rings (SSSR count). The van der Waals surface area contributed by atoms with Crippen molar-refractivity contribution in [2.75, 3.05) is 6.54 Å². The molecule has 1 atom stereocenters. The number of hydrogen-bond donors (Lipinski definition) is 1. The number of benzene rings is 1. The van der Waals surface area contributed by atoms with Gasteiger partial charge in [0.2, 0.25) is 5.91 Å². The average Bonchev–Trinajstić information content (AvgIpc) is 3.25. The van der Waals surface area contributed by atoms with Crippen LogP contribution in [0.5, 0.6) is 0 Å². The Labute approximate surface area is 158 Å². The topological polar surface area (TPSA) is 84.3 Å². The maximum Gasteiger partial charge on any atom is 0.262 e. The molecule has 0 fully saturated rings. The minimum atomic E-state index is -0.800. The van der Waals surface area contributed by atoms with E-state index in [4.69, 9.17) is 0 Å². The lowest BCUT2D eigenvalue weighted by Gasteiger charge is -2.26. The van der Waals surface area contributed by atoms with E-state index >= 15 is 0 Å². The van der Waals surface area contributed by atoms with Gasteiger partial charge in [0.1, 0.15) is 6.04 Å². The Morgan fingerprint density at radius 3 is 2.37 bits per heavy atom. The predicted octanol–water partition coefficient (Wildman–Crippen LogP) is 2.10. The van der Waals surface area contributed by atoms with Gasteiger partial charge in [-0.15, -0.1) is 0 Å². The van der Waals surface area contributed by atoms with Crippen LogP contribution >= 0.6 is 0 Å². The third kappa shape index (κ3) is 4.07. The van der Waals surface area contributed by atoms with Gasteiger partial charge in [-0.05, 0) is 30.9 Å². The molecule has 1 aromatic heterocycles. The van der Waals surface area contributed by atoms with Crippen molar-refractivity contribution >= 4 is 17.7 Å². The van der Waals surface area contributed by atoms with Gasteiger partial charge >= 0.3 is 0 Å². The number of hydrogen-bond acceptors (Lipinski definition) is 4. The lowest BCUT2D eigenvalue weighted by Crippen LogP contribution is -2.50. The number of carbonyl (C=O) groups is 3. The maximum absolute atomic E-state index is 12.8. The SMILES string of the molecule is CC(C)CC(C(=O)NCCCn1ccnc1)N1C(=O)c2ccccc2C1=O. The lowest BCUT2D eigenvalue weighted by molar-refractivity contribution is -0.125. The van der Waals surface area contributed by atoms with Crippen LogP contribution in [-0.4, -0.2) is 44.8 Å². The summed E-state index contributed by atoms with van der Waals surface area (Å²) in [6.07, 6.45) is 6.46. The van der Waals surface area contributed by atoms with Crippen LogP contribution in [0.15, 0.2) is 43.0 Å². The van der Waals surface area contributed by atoms with Gasteiger partial charge in [-0.2, -0.15) is 0 Å². The molecule has 1 N–H and O–H groups in total. The highest BCUT2D eigenvalue weighted by Crippen LogP contribution is 2.26. The fourth-order valence-corrected chi connectivity index (χ4v) is 3.28. The van der Waals surface area contributed by atoms with Gasteiger partial charge in [0.15, 0.2) is 0 Å². The van der Waals surface area contributed by atoms with E-state index in [0.717, 1.165) is 17.9 Å². The summed E-state index contributed by atoms with van der Waals surface area (Å²) in [5.41, 5.74) is 0.730. The summed E-state index contributed by atoms with van der Waals surface area (Å²) in [6.45, 7) is 5.14. The molecular weight excluding hydrogens is 344 g/mol. The van der Waals surface area contributed by atoms with Gasteiger partial charge in [-0.1, -0.05) is 26.0 Å². The number of nitrogens with zero attached hydrogens (tertiary/aromatic N) is 3. The third-order valence-electron chi connectivity index (χ3n) is 4.59. The summed E-state index contributed by atoms with van der Waals surface area (Å²) in [5, 5.41) is 2.88. The van der Waals surface area contributed by atoms with Gasteiger partial charge in [0.25, 0.3) is 11.8 Å². The third-order valence-corrected chi connectivity index (χ3v) is 4.59. The molecule has 2 heterocycles. The second-order valence-electron chi connectivity index (χ2n) is 7.12. The molecule has 0 bridgehead atoms. The molecule has 1 unspecified atom stereocenters. The molecule has 7 nitrogen and oxygen atoms in total. The van der Waals surface area contributed by atoms with Gasteiger partial charge in [-0.3, -0.25) is 19.3 Å². The first-order valence-electron chi connectivity index (χ1n) is 9.19. The number of rotatable bonds is 8. The van der Waals surface area contributed by atoms with Gasteiger partial charge in [0.05, 0.1) is 17.5 Å². The van der Waals surface area contributed by atoms with Gasteiger partial charge < -0.3 is 9.88 Å². The number of fused-ring (bicyclic) bond motifs is 1. The summed E-state index contributed by atoms with van der Waals surface area (Å²) < 4.78 is 1.93. The zero-order chi connectivity index (χ0) is 19.4. The van der Waals surface area contributed by atoms with E-state index in [2.05, 4.69) is 10.3 Å². The summed E-state index contributed by atoms with van der Waals surface area (Å²) in [6, 6.07) is 5.91. The number of carbonyl (C=O) groups excluding carboxylic acids is 3. The lowest BCUT2D eigenvalue weighted by atomic mass is 10.0. The summed E-state index contributed by atoms with van der Waals surface area (Å²) in [5.74, 6) is -0.913. The van der Waals surface area contributed by atoms with E-state index in [-0.39, 0.29) is 11.8 Å². The Bertz CT molecular complexity index is 795. The molecule has 2 aromatic rings. The van der Waals surface area contributed by atoms with Crippen molar-refractivity contribution in [2.24, 2.45) is 5.92 Å². The number of imide groups is 1. The van der Waals surface area contributed by atoms with E-state index in [1.54, 1.807) is 36.8 Å². The van der Waals surface area contributed by atoms with Crippen LogP contribution in [0.2, 0.25) is 0 Å². The quantitative estimate of drug-likeness (QED) is 0.571. The zero-order valence-electron chi connectivity index (χ0n) is 15.6. The molecular formula is C20H24N4O3. The van der Waals surface area contributed by atoms with Crippen LogP contribution < -0.4 is 5.32 Å². The fourth-order valence-electron chi connectivity index (χ4n) is 3.28. The molecule has 7 heteroatoms. The van der Waals surface area contributed by atoms with E-state index in [1.807, 2.05) is 24.6 Å². The average molecular weight is 368 g/mol. The number of aryl methyl sites for hydroxylation is 1. The van der Waals surface area contributed by atoms with Crippen LogP contribution in [0.4, 0.5) is 0 Å². The predicted molar refractivity (Wildman–Crippen MR) is 100 cm³/mol. The minimum absolute atomic E-state index is 0.163. The highest BCUT2D eigenvalue weighted by Gasteiger charge is 2.42. The molecule has 1 aliphatic rings. The second kappa shape index (κ2) is 8.16. The molecule has 27 heavy (non-hydrogen) atoms. The van der Waals surface area contributed by atoms with Crippen LogP contribution in [0, 0.1) is 5.92 Å². The first-order chi connectivity index (χ1) is 13.0. The number of aromatic nitrogens is 2. The van der Waals surface area contributed by atoms with Gasteiger partial charge in [0, 0.05) is 25.5 Å². The highest BCUT2D eigenvalue weighted by molar-refractivity contribution is 6.22. The van der Waals surface area contributed by atoms with Crippen molar-refractivity contribution in [3.05, 3.63) is 54.1 Å². The molecule has 1 aromatic carbocycles. The first kappa shape index (κ1) is 18.8. The molecule has 0 radical (unpaired) electrons. The first-order valence-corrected chi connectivity index (χ1v) is 9.19. The van der Waals surface area contributed by atoms with Crippen molar-refractivity contribution in [1.82, 2.24) is 19.8 Å². The largest absolute Gasteiger partial charge is 0.354 e. The number of imidazole rings is 1. The molecule has 0 spiro atoms. The van der Waals surface area contributed by atoms with E-state index in [0.29, 0.717) is 24.1 Å². The van der Waals surface area contributed by atoms with E-state index in [9.17, 15) is 14.4 Å². The second-order valence-corrected chi connectivity index (χ2v) is 7.12. The van der Waals surface area contributed by atoms with Crippen molar-refractivity contribution < 1.29 is 14.4 Å². The van der Waals surface area contributed by atoms with Crippen molar-refractivity contribution in [2.45, 2.75) is 39.3 Å². The Hall–Kier alpha value is -2.96. The molecule has 1 aliphatic heterocycles. The standard InChI is InChI=1S/C20H24N4O3/c1-14(2)12-17(18(25)22-8-5-10-23-11-9-21-13-23)24-19(26)15-6-3-4-7-16(15)20(24)27/h3-4,6-7,9,11,13-14,17H,5,8,10,12H2,1-2H3,(H,22,25). The number of amides is 3. The zero-order valence-corrected chi connectivity index (χ0v) is 15.6. The van der Waals surface area contributed by atoms with Crippen LogP contribution in [-0.2, 0) is 11.3 Å². The van der Waals surface area contributed by atoms with E-state index in [1.165, 1.54) is 0 Å². The maximum atomic E-state index is 12.8. The fraction of sp³-hybridized carbons (Fsp3) is 0.400. The minimum Gasteiger partial charge on any atom is -0.354 e. The van der Waals surface area contributed by atoms with Crippen molar-refractivity contribution in [1.29, 1.82) is 0 Å². The molecule has 142 valence electrons. The summed E-state index contributed by atoms with van der Waals surface area (Å²) in [4.78, 5) is 43.4. The summed E-state index contributed by atoms with van der Waals surface area (Å²) in [7, 11) is 0. The van der Waals surface area contributed by atoms with Crippen molar-refractivity contribution in [3.8, 4) is 0 Å². The Morgan fingerprint density at radius 2 is 1.81 bits per heavy atom. The normalized spacial score (nSPS) is 14.6. The van der Waals surface area contributed by atoms with Crippen LogP contribution in [0.3, 0.4) is 0 Å². The molecule has 3 amide bonds. The molecule has 0 saturated carbocycles.